The van der Waals surface area contributed by atoms with Crippen LogP contribution < -0.4 is 15.0 Å². The Morgan fingerprint density at radius 1 is 0.971 bits per heavy atom. The molecule has 6 rings (SSSR count). The van der Waals surface area contributed by atoms with Crippen molar-refractivity contribution in [2.75, 3.05) is 4.90 Å². The van der Waals surface area contributed by atoms with Gasteiger partial charge in [-0.1, -0.05) is 71.5 Å². The Kier molecular flexibility index (Phi) is 4.63. The van der Waals surface area contributed by atoms with Crippen LogP contribution in [0.1, 0.15) is 16.7 Å². The first kappa shape index (κ1) is 20.4. The number of carbonyl (C=O) groups is 1. The molecule has 0 saturated carbocycles. The van der Waals surface area contributed by atoms with Crippen LogP contribution >= 0.6 is 11.3 Å². The highest BCUT2D eigenvalue weighted by Crippen LogP contribution is 2.36. The summed E-state index contributed by atoms with van der Waals surface area (Å²) in [6.45, 7) is 2.05. The van der Waals surface area contributed by atoms with Gasteiger partial charge in [-0.25, -0.2) is 4.39 Å². The molecular weight excluding hydrogens is 451 g/mol. The van der Waals surface area contributed by atoms with Crippen LogP contribution in [-0.4, -0.2) is 20.5 Å². The lowest BCUT2D eigenvalue weighted by Gasteiger charge is -2.17. The molecule has 0 spiro atoms. The van der Waals surface area contributed by atoms with Crippen molar-refractivity contribution in [1.29, 1.82) is 0 Å². The van der Waals surface area contributed by atoms with E-state index in [0.717, 1.165) is 22.5 Å². The topological polar surface area (TPSA) is 67.6 Å². The molecule has 0 bridgehead atoms. The van der Waals surface area contributed by atoms with E-state index in [1.54, 1.807) is 30.3 Å². The molecule has 3 heterocycles. The van der Waals surface area contributed by atoms with E-state index in [9.17, 15) is 14.0 Å². The van der Waals surface area contributed by atoms with Crippen molar-refractivity contribution in [2.45, 2.75) is 13.5 Å². The number of para-hydroxylation sites is 1. The summed E-state index contributed by atoms with van der Waals surface area (Å²) < 4.78 is 15.8. The fourth-order valence-corrected chi connectivity index (χ4v) is 5.24. The molecule has 0 atom stereocenters. The number of carbonyl (C=O) groups excluding carboxylic acids is 1. The first-order valence-electron chi connectivity index (χ1n) is 10.7. The Bertz CT molecular complexity index is 1720. The minimum absolute atomic E-state index is 0.0679. The summed E-state index contributed by atoms with van der Waals surface area (Å²) in [5.41, 5.74) is 3.48. The van der Waals surface area contributed by atoms with Crippen molar-refractivity contribution in [3.63, 3.8) is 0 Å². The van der Waals surface area contributed by atoms with Crippen molar-refractivity contribution in [3.8, 4) is 11.4 Å². The summed E-state index contributed by atoms with van der Waals surface area (Å²) in [6, 6.07) is 21.3. The zero-order chi connectivity index (χ0) is 23.4. The zero-order valence-electron chi connectivity index (χ0n) is 18.0. The normalized spacial score (nSPS) is 14.8. The Hall–Kier alpha value is -4.17. The minimum Gasteiger partial charge on any atom is -0.303 e. The van der Waals surface area contributed by atoms with Crippen molar-refractivity contribution < 1.29 is 9.18 Å². The van der Waals surface area contributed by atoms with E-state index in [-0.39, 0.29) is 22.8 Å². The second-order valence-electron chi connectivity index (χ2n) is 8.11. The number of aryl methyl sites for hydroxylation is 1. The van der Waals surface area contributed by atoms with Gasteiger partial charge in [-0.3, -0.25) is 9.59 Å². The molecule has 0 saturated heterocycles. The molecule has 34 heavy (non-hydrogen) atoms. The van der Waals surface area contributed by atoms with Crippen molar-refractivity contribution in [2.24, 2.45) is 0 Å². The van der Waals surface area contributed by atoms with Crippen LogP contribution in [0.5, 0.6) is 0 Å². The van der Waals surface area contributed by atoms with Gasteiger partial charge in [0.15, 0.2) is 5.82 Å². The van der Waals surface area contributed by atoms with Gasteiger partial charge in [0, 0.05) is 16.7 Å². The van der Waals surface area contributed by atoms with E-state index in [1.807, 2.05) is 43.3 Å². The second kappa shape index (κ2) is 7.71. The van der Waals surface area contributed by atoms with Gasteiger partial charge in [0.05, 0.1) is 17.8 Å². The van der Waals surface area contributed by atoms with E-state index in [2.05, 4.69) is 10.1 Å². The number of thiazole rings is 1. The van der Waals surface area contributed by atoms with Crippen LogP contribution in [-0.2, 0) is 11.3 Å². The first-order valence-corrected chi connectivity index (χ1v) is 11.5. The number of halogens is 1. The molecule has 8 heteroatoms. The summed E-state index contributed by atoms with van der Waals surface area (Å²) in [5.74, 6) is -0.263. The summed E-state index contributed by atoms with van der Waals surface area (Å²) in [5, 5.41) is 4.41. The monoisotopic (exact) mass is 468 g/mol. The number of nitrogens with zero attached hydrogens (tertiary/aromatic N) is 4. The average Bonchev–Trinajstić information content (AvgIpc) is 3.47. The molecule has 0 aliphatic carbocycles. The van der Waals surface area contributed by atoms with Crippen LogP contribution in [0, 0.1) is 12.7 Å². The highest BCUT2D eigenvalue weighted by atomic mass is 32.1. The summed E-state index contributed by atoms with van der Waals surface area (Å²) in [6.07, 6.45) is 0. The van der Waals surface area contributed by atoms with E-state index in [1.165, 1.54) is 15.5 Å². The molecule has 0 N–H and O–H groups in total. The van der Waals surface area contributed by atoms with Gasteiger partial charge in [-0.2, -0.15) is 9.50 Å². The van der Waals surface area contributed by atoms with E-state index < -0.39 is 5.56 Å². The molecule has 1 aliphatic heterocycles. The van der Waals surface area contributed by atoms with Crippen molar-refractivity contribution in [1.82, 2.24) is 14.6 Å². The Balaban J connectivity index is 1.50. The highest BCUT2D eigenvalue weighted by Gasteiger charge is 2.34. The molecule has 6 nitrogen and oxygen atoms in total. The molecule has 0 unspecified atom stereocenters. The van der Waals surface area contributed by atoms with Gasteiger partial charge < -0.3 is 4.90 Å². The maximum atomic E-state index is 14.3. The molecule has 1 amide bonds. The third kappa shape index (κ3) is 3.14. The average molecular weight is 469 g/mol. The van der Waals surface area contributed by atoms with Gasteiger partial charge in [0.1, 0.15) is 10.3 Å². The quantitative estimate of drug-likeness (QED) is 0.405. The van der Waals surface area contributed by atoms with Crippen LogP contribution in [0.25, 0.3) is 21.9 Å². The second-order valence-corrected chi connectivity index (χ2v) is 9.09. The standard InChI is InChI=1S/C26H17FN4O2S/c1-15-7-6-9-16(13-15)23-28-26-31(29-23)25(33)22(34-26)21-18-10-3-5-12-20(18)30(24(21)32)14-17-8-2-4-11-19(17)27/h2-13H,14H2,1H3/b22-21-. The van der Waals surface area contributed by atoms with E-state index in [0.29, 0.717) is 33.2 Å². The summed E-state index contributed by atoms with van der Waals surface area (Å²) in [4.78, 5) is 33.3. The highest BCUT2D eigenvalue weighted by molar-refractivity contribution is 7.15. The lowest BCUT2D eigenvalue weighted by Crippen LogP contribution is -2.32. The first-order chi connectivity index (χ1) is 16.5. The Morgan fingerprint density at radius 2 is 1.76 bits per heavy atom. The zero-order valence-corrected chi connectivity index (χ0v) is 18.8. The summed E-state index contributed by atoms with van der Waals surface area (Å²) >= 11 is 1.14. The number of hydrogen-bond acceptors (Lipinski definition) is 5. The van der Waals surface area contributed by atoms with Crippen LogP contribution in [0.4, 0.5) is 10.1 Å². The molecule has 3 aromatic carbocycles. The van der Waals surface area contributed by atoms with E-state index in [4.69, 9.17) is 0 Å². The lowest BCUT2D eigenvalue weighted by molar-refractivity contribution is -0.113. The Labute approximate surface area is 197 Å². The fourth-order valence-electron chi connectivity index (χ4n) is 4.25. The molecule has 166 valence electrons. The SMILES string of the molecule is Cc1cccc(-c2nc3s/c(=C4\C(=O)N(Cc5ccccc5F)c5ccccc54)c(=O)n3n2)c1. The minimum atomic E-state index is -0.391. The fraction of sp³-hybridized carbons (Fsp3) is 0.0769. The van der Waals surface area contributed by atoms with Gasteiger partial charge in [0.25, 0.3) is 11.5 Å². The van der Waals surface area contributed by atoms with Gasteiger partial charge in [0.2, 0.25) is 4.96 Å². The number of benzene rings is 3. The lowest BCUT2D eigenvalue weighted by atomic mass is 10.1. The number of aromatic nitrogens is 3. The third-order valence-electron chi connectivity index (χ3n) is 5.87. The largest absolute Gasteiger partial charge is 0.303 e. The van der Waals surface area contributed by atoms with E-state index >= 15 is 0 Å². The predicted octanol–water partition coefficient (Wildman–Crippen LogP) is 3.73. The predicted molar refractivity (Wildman–Crippen MR) is 129 cm³/mol. The number of anilines is 1. The maximum Gasteiger partial charge on any atom is 0.291 e. The molecule has 5 aromatic rings. The molecule has 2 aromatic heterocycles. The molecule has 0 radical (unpaired) electrons. The third-order valence-corrected chi connectivity index (χ3v) is 6.90. The van der Waals surface area contributed by atoms with Crippen molar-refractivity contribution in [3.05, 3.63) is 110 Å². The molecule has 1 aliphatic rings. The van der Waals surface area contributed by atoms with Gasteiger partial charge in [-0.15, -0.1) is 5.10 Å². The van der Waals surface area contributed by atoms with Gasteiger partial charge >= 0.3 is 0 Å². The summed E-state index contributed by atoms with van der Waals surface area (Å²) in [7, 11) is 0. The number of rotatable bonds is 3. The van der Waals surface area contributed by atoms with Gasteiger partial charge in [-0.05, 0) is 25.1 Å². The Morgan fingerprint density at radius 3 is 2.56 bits per heavy atom. The van der Waals surface area contributed by atoms with Crippen molar-refractivity contribution >= 4 is 33.5 Å². The van der Waals surface area contributed by atoms with Crippen LogP contribution in [0.15, 0.2) is 77.6 Å². The number of hydrogen-bond donors (Lipinski definition) is 0. The molecule has 0 fully saturated rings. The van der Waals surface area contributed by atoms with Crippen LogP contribution in [0.3, 0.4) is 0 Å². The molecular formula is C26H17FN4O2S. The maximum absolute atomic E-state index is 14.3. The number of amides is 1. The van der Waals surface area contributed by atoms with Crippen LogP contribution in [0.2, 0.25) is 0 Å². The number of fused-ring (bicyclic) bond motifs is 2. The smallest absolute Gasteiger partial charge is 0.291 e.